The van der Waals surface area contributed by atoms with Crippen LogP contribution in [-0.4, -0.2) is 24.2 Å². The van der Waals surface area contributed by atoms with Gasteiger partial charge in [0, 0.05) is 0 Å². The zero-order chi connectivity index (χ0) is 10.2. The summed E-state index contributed by atoms with van der Waals surface area (Å²) >= 11 is 32.5. The van der Waals surface area contributed by atoms with Crippen LogP contribution in [0.15, 0.2) is 0 Å². The summed E-state index contributed by atoms with van der Waals surface area (Å²) in [6.45, 7) is 1.49. The van der Waals surface area contributed by atoms with Crippen molar-refractivity contribution in [2.75, 3.05) is 0 Å². The van der Waals surface area contributed by atoms with Gasteiger partial charge in [0.15, 0.2) is 9.38 Å². The molecule has 0 fully saturated rings. The molecule has 0 bridgehead atoms. The van der Waals surface area contributed by atoms with Gasteiger partial charge in [0.25, 0.3) is 0 Å². The van der Waals surface area contributed by atoms with E-state index >= 15 is 0 Å². The van der Waals surface area contributed by atoms with Gasteiger partial charge in [0.2, 0.25) is 4.33 Å². The highest BCUT2D eigenvalue weighted by Crippen LogP contribution is 2.47. The smallest absolute Gasteiger partial charge is 0.219 e. The molecule has 72 valence electrons. The second-order valence-electron chi connectivity index (χ2n) is 2.12. The Morgan fingerprint density at radius 2 is 1.67 bits per heavy atom. The lowest BCUT2D eigenvalue weighted by molar-refractivity contribution is 0.528. The number of rotatable bonds is 3. The molecular weight excluding hydrogens is 285 g/mol. The first kappa shape index (κ1) is 13.3. The van der Waals surface area contributed by atoms with Gasteiger partial charge >= 0.3 is 0 Å². The third kappa shape index (κ3) is 2.43. The zero-order valence-electron chi connectivity index (χ0n) is 5.82. The molecule has 0 rings (SSSR count). The van der Waals surface area contributed by atoms with Gasteiger partial charge in [-0.25, -0.2) is 0 Å². The van der Waals surface area contributed by atoms with Crippen LogP contribution >= 0.6 is 70.2 Å². The van der Waals surface area contributed by atoms with Crippen molar-refractivity contribution in [2.45, 2.75) is 21.0 Å². The molecule has 1 N–H and O–H groups in total. The Balaban J connectivity index is 4.88. The highest BCUT2D eigenvalue weighted by molar-refractivity contribution is 7.80. The molecule has 0 aromatic heterocycles. The monoisotopic (exact) mass is 288 g/mol. The van der Waals surface area contributed by atoms with Gasteiger partial charge < -0.3 is 5.11 Å². The van der Waals surface area contributed by atoms with Crippen LogP contribution in [0.1, 0.15) is 6.92 Å². The minimum atomic E-state index is -1.95. The van der Waals surface area contributed by atoms with E-state index in [0.29, 0.717) is 0 Å². The zero-order valence-corrected chi connectivity index (χ0v) is 10.4. The molecule has 0 amide bonds. The molecular formula is C5H5Cl5OS. The Kier molecular flexibility index (Phi) is 4.72. The third-order valence-electron chi connectivity index (χ3n) is 1.19. The first-order valence-corrected chi connectivity index (χ1v) is 5.12. The summed E-state index contributed by atoms with van der Waals surface area (Å²) < 4.78 is -3.68. The van der Waals surface area contributed by atoms with Crippen LogP contribution < -0.4 is 0 Å². The van der Waals surface area contributed by atoms with Crippen molar-refractivity contribution in [2.24, 2.45) is 0 Å². The molecule has 0 aromatic carbocycles. The lowest BCUT2D eigenvalue weighted by Gasteiger charge is -2.32. The highest BCUT2D eigenvalue weighted by atomic mass is 35.5. The van der Waals surface area contributed by atoms with Crippen LogP contribution in [-0.2, 0) is 0 Å². The van der Waals surface area contributed by atoms with Crippen LogP contribution in [0.3, 0.4) is 0 Å². The lowest BCUT2D eigenvalue weighted by Crippen LogP contribution is -2.47. The number of hydrogen-bond acceptors (Lipinski definition) is 1. The Labute approximate surface area is 101 Å². The second kappa shape index (κ2) is 4.24. The fraction of sp³-hybridized carbons (Fsp3) is 0.800. The molecule has 1 atom stereocenters. The quantitative estimate of drug-likeness (QED) is 0.629. The number of hydrogen-bond donors (Lipinski definition) is 1. The Morgan fingerprint density at radius 1 is 1.33 bits per heavy atom. The molecule has 1 nitrogen and oxygen atoms in total. The van der Waals surface area contributed by atoms with E-state index in [0.717, 1.165) is 0 Å². The van der Waals surface area contributed by atoms with E-state index in [9.17, 15) is 0 Å². The first-order valence-electron chi connectivity index (χ1n) is 2.77. The van der Waals surface area contributed by atoms with Gasteiger partial charge in [-0.1, -0.05) is 46.4 Å². The van der Waals surface area contributed by atoms with Crippen molar-refractivity contribution in [1.82, 2.24) is 0 Å². The largest absolute Gasteiger partial charge is 0.500 e. The number of alkyl halides is 5. The van der Waals surface area contributed by atoms with E-state index in [-0.39, 0.29) is 0 Å². The maximum Gasteiger partial charge on any atom is 0.219 e. The van der Waals surface area contributed by atoms with Crippen LogP contribution in [0.25, 0.3) is 0 Å². The van der Waals surface area contributed by atoms with Crippen molar-refractivity contribution >= 4 is 75.3 Å². The van der Waals surface area contributed by atoms with Gasteiger partial charge in [-0.05, 0) is 19.1 Å². The standard InChI is InChI=1S/C5H5Cl5OS/c1-2(6)4(7,8)5(9,10)3(11)12/h2H,1H3,(H,11,12). The molecule has 0 spiro atoms. The first-order chi connectivity index (χ1) is 5.14. The molecule has 0 heterocycles. The Morgan fingerprint density at radius 3 is 1.75 bits per heavy atom. The molecule has 0 saturated carbocycles. The Hall–Kier alpha value is 1.34. The fourth-order valence-electron chi connectivity index (χ4n) is 0.392. The highest BCUT2D eigenvalue weighted by Gasteiger charge is 2.54. The minimum Gasteiger partial charge on any atom is -0.500 e. The van der Waals surface area contributed by atoms with Crippen molar-refractivity contribution in [3.8, 4) is 0 Å². The fourth-order valence-corrected chi connectivity index (χ4v) is 1.45. The van der Waals surface area contributed by atoms with E-state index in [2.05, 4.69) is 12.2 Å². The molecule has 1 unspecified atom stereocenters. The summed E-state index contributed by atoms with van der Waals surface area (Å²) in [5, 5.41) is 7.44. The number of thiocarbonyl (C=S) groups is 1. The van der Waals surface area contributed by atoms with E-state index in [1.807, 2.05) is 0 Å². The summed E-state index contributed by atoms with van der Waals surface area (Å²) in [6, 6.07) is 0. The van der Waals surface area contributed by atoms with E-state index < -0.39 is 19.1 Å². The minimum absolute atomic E-state index is 0.705. The van der Waals surface area contributed by atoms with E-state index in [1.54, 1.807) is 0 Å². The van der Waals surface area contributed by atoms with E-state index in [1.165, 1.54) is 6.92 Å². The maximum atomic E-state index is 8.90. The van der Waals surface area contributed by atoms with Gasteiger partial charge in [0.05, 0.1) is 5.38 Å². The van der Waals surface area contributed by atoms with Crippen LogP contribution in [0.2, 0.25) is 0 Å². The summed E-state index contributed by atoms with van der Waals surface area (Å²) in [7, 11) is 0. The number of aliphatic hydroxyl groups is 1. The summed E-state index contributed by atoms with van der Waals surface area (Å²) in [4.78, 5) is 0. The molecule has 0 aliphatic rings. The van der Waals surface area contributed by atoms with Crippen LogP contribution in [0.5, 0.6) is 0 Å². The van der Waals surface area contributed by atoms with Crippen molar-refractivity contribution < 1.29 is 5.11 Å². The summed E-state index contributed by atoms with van der Waals surface area (Å²) in [6.07, 6.45) is 0. The number of halogens is 5. The molecule has 0 aromatic rings. The average Bonchev–Trinajstić information content (AvgIpc) is 1.86. The molecule has 0 aliphatic heterocycles. The third-order valence-corrected chi connectivity index (χ3v) is 4.83. The second-order valence-corrected chi connectivity index (χ2v) is 5.87. The predicted molar refractivity (Wildman–Crippen MR) is 59.4 cm³/mol. The van der Waals surface area contributed by atoms with Gasteiger partial charge in [-0.2, -0.15) is 0 Å². The Bertz CT molecular complexity index is 190. The van der Waals surface area contributed by atoms with Gasteiger partial charge in [0.1, 0.15) is 0 Å². The number of aliphatic hydroxyl groups excluding tert-OH is 1. The van der Waals surface area contributed by atoms with Crippen molar-refractivity contribution in [1.29, 1.82) is 0 Å². The average molecular weight is 290 g/mol. The topological polar surface area (TPSA) is 20.2 Å². The van der Waals surface area contributed by atoms with Crippen molar-refractivity contribution in [3.05, 3.63) is 0 Å². The van der Waals surface area contributed by atoms with Gasteiger partial charge in [-0.3, -0.25) is 0 Å². The summed E-state index contributed by atoms with van der Waals surface area (Å²) in [5.74, 6) is 0. The molecule has 0 aliphatic carbocycles. The van der Waals surface area contributed by atoms with Gasteiger partial charge in [-0.15, -0.1) is 11.6 Å². The maximum absolute atomic E-state index is 8.90. The van der Waals surface area contributed by atoms with Crippen LogP contribution in [0, 0.1) is 0 Å². The van der Waals surface area contributed by atoms with E-state index in [4.69, 9.17) is 63.1 Å². The lowest BCUT2D eigenvalue weighted by atomic mass is 10.2. The predicted octanol–water partition coefficient (Wildman–Crippen LogP) is 3.85. The molecule has 0 saturated heterocycles. The molecule has 12 heavy (non-hydrogen) atoms. The van der Waals surface area contributed by atoms with Crippen LogP contribution in [0.4, 0.5) is 0 Å². The van der Waals surface area contributed by atoms with Crippen molar-refractivity contribution in [3.63, 3.8) is 0 Å². The summed E-state index contributed by atoms with van der Waals surface area (Å²) in [5.41, 5.74) is 0. The molecule has 0 radical (unpaired) electrons. The molecule has 7 heteroatoms. The SMILES string of the molecule is CC(Cl)C(Cl)(Cl)C(Cl)(Cl)C(O)=S. The normalized spacial score (nSPS) is 15.8.